The van der Waals surface area contributed by atoms with Gasteiger partial charge in [0.15, 0.2) is 8.32 Å². The number of benzene rings is 1. The number of hydrazine groups is 1. The average molecular weight is 505 g/mol. The van der Waals surface area contributed by atoms with Crippen LogP contribution in [-0.4, -0.2) is 63.1 Å². The summed E-state index contributed by atoms with van der Waals surface area (Å²) in [6, 6.07) is 7.44. The summed E-state index contributed by atoms with van der Waals surface area (Å²) in [5, 5.41) is 4.34. The molecular weight excluding hydrogens is 456 g/mol. The lowest BCUT2D eigenvalue weighted by Crippen LogP contribution is -2.46. The summed E-state index contributed by atoms with van der Waals surface area (Å²) in [6.07, 6.45) is 6.02. The number of hydrogen-bond donors (Lipinski definition) is 0. The quantitative estimate of drug-likeness (QED) is 0.241. The predicted molar refractivity (Wildman–Crippen MR) is 145 cm³/mol. The van der Waals surface area contributed by atoms with Gasteiger partial charge in [0.25, 0.3) is 0 Å². The maximum atomic E-state index is 12.6. The van der Waals surface area contributed by atoms with E-state index in [1.54, 1.807) is 12.1 Å². The third kappa shape index (κ3) is 8.43. The zero-order valence-corrected chi connectivity index (χ0v) is 24.4. The summed E-state index contributed by atoms with van der Waals surface area (Å²) in [4.78, 5) is 24.2. The summed E-state index contributed by atoms with van der Waals surface area (Å²) in [5.41, 5.74) is 1.65. The SMILES string of the molecule is CCCC(C)C(CCCN1CCC(=O)N1CCc1ccc(C(=O)OC)cc1)O[Si](C)(C)C(C)(C)C. The largest absolute Gasteiger partial charge is 0.465 e. The Labute approximate surface area is 214 Å². The predicted octanol–water partition coefficient (Wildman–Crippen LogP) is 6.07. The van der Waals surface area contributed by atoms with Gasteiger partial charge >= 0.3 is 5.97 Å². The van der Waals surface area contributed by atoms with Crippen LogP contribution in [0.3, 0.4) is 0 Å². The third-order valence-corrected chi connectivity index (χ3v) is 12.2. The molecule has 1 aromatic carbocycles. The number of nitrogens with zero attached hydrogens (tertiary/aromatic N) is 2. The smallest absolute Gasteiger partial charge is 0.337 e. The fraction of sp³-hybridized carbons (Fsp3) is 0.714. The van der Waals surface area contributed by atoms with E-state index in [0.717, 1.165) is 37.9 Å². The number of esters is 1. The van der Waals surface area contributed by atoms with Crippen molar-refractivity contribution in [1.29, 1.82) is 0 Å². The molecule has 0 bridgehead atoms. The molecule has 0 N–H and O–H groups in total. The van der Waals surface area contributed by atoms with Gasteiger partial charge in [0.05, 0.1) is 12.7 Å². The molecule has 198 valence electrons. The van der Waals surface area contributed by atoms with Gasteiger partial charge in [-0.3, -0.25) is 9.80 Å². The first kappa shape index (κ1) is 29.5. The topological polar surface area (TPSA) is 59.1 Å². The number of ether oxygens (including phenoxy) is 1. The van der Waals surface area contributed by atoms with E-state index in [0.29, 0.717) is 24.4 Å². The number of amides is 1. The zero-order valence-electron chi connectivity index (χ0n) is 23.4. The Morgan fingerprint density at radius 1 is 1.11 bits per heavy atom. The first-order valence-corrected chi connectivity index (χ1v) is 16.2. The molecule has 2 rings (SSSR count). The molecule has 1 aliphatic rings. The van der Waals surface area contributed by atoms with E-state index in [-0.39, 0.29) is 23.0 Å². The maximum Gasteiger partial charge on any atom is 0.337 e. The summed E-state index contributed by atoms with van der Waals surface area (Å²) in [5.74, 6) is 0.407. The normalized spacial score (nSPS) is 17.0. The lowest BCUT2D eigenvalue weighted by atomic mass is 9.96. The highest BCUT2D eigenvalue weighted by Crippen LogP contribution is 2.39. The van der Waals surface area contributed by atoms with Crippen LogP contribution in [0.1, 0.15) is 82.6 Å². The van der Waals surface area contributed by atoms with Gasteiger partial charge in [-0.15, -0.1) is 0 Å². The molecule has 0 spiro atoms. The molecule has 6 nitrogen and oxygen atoms in total. The van der Waals surface area contributed by atoms with Crippen molar-refractivity contribution >= 4 is 20.2 Å². The van der Waals surface area contributed by atoms with E-state index in [4.69, 9.17) is 9.16 Å². The minimum absolute atomic E-state index is 0.199. The van der Waals surface area contributed by atoms with Crippen molar-refractivity contribution in [2.75, 3.05) is 26.7 Å². The van der Waals surface area contributed by atoms with Crippen molar-refractivity contribution in [1.82, 2.24) is 10.0 Å². The lowest BCUT2D eigenvalue weighted by Gasteiger charge is -2.41. The van der Waals surface area contributed by atoms with Gasteiger partial charge < -0.3 is 9.16 Å². The highest BCUT2D eigenvalue weighted by Gasteiger charge is 2.40. The summed E-state index contributed by atoms with van der Waals surface area (Å²) in [6.45, 7) is 18.5. The van der Waals surface area contributed by atoms with Crippen LogP contribution in [0.5, 0.6) is 0 Å². The first-order valence-electron chi connectivity index (χ1n) is 13.3. The molecule has 1 heterocycles. The molecule has 1 aliphatic heterocycles. The minimum Gasteiger partial charge on any atom is -0.465 e. The Morgan fingerprint density at radius 2 is 1.77 bits per heavy atom. The highest BCUT2D eigenvalue weighted by molar-refractivity contribution is 6.74. The number of hydrogen-bond acceptors (Lipinski definition) is 5. The van der Waals surface area contributed by atoms with Crippen molar-refractivity contribution in [2.24, 2.45) is 5.92 Å². The van der Waals surface area contributed by atoms with Crippen LogP contribution in [0.4, 0.5) is 0 Å². The number of carbonyl (C=O) groups is 2. The van der Waals surface area contributed by atoms with Gasteiger partial charge in [-0.05, 0) is 67.4 Å². The standard InChI is InChI=1S/C28H48N2O4Si/c1-9-11-22(2)25(34-35(7,8)28(3,4)5)12-10-19-29-20-18-26(31)30(29)21-17-23-13-15-24(16-14-23)27(32)33-6/h13-16,22,25H,9-12,17-21H2,1-8H3. The zero-order chi connectivity index (χ0) is 26.2. The van der Waals surface area contributed by atoms with Crippen molar-refractivity contribution in [3.63, 3.8) is 0 Å². The van der Waals surface area contributed by atoms with Gasteiger partial charge in [-0.25, -0.2) is 9.80 Å². The molecule has 0 saturated carbocycles. The first-order chi connectivity index (χ1) is 16.4. The second kappa shape index (κ2) is 13.0. The Balaban J connectivity index is 1.93. The molecule has 0 aromatic heterocycles. The van der Waals surface area contributed by atoms with Gasteiger partial charge in [-0.1, -0.05) is 53.2 Å². The van der Waals surface area contributed by atoms with E-state index in [2.05, 4.69) is 52.7 Å². The van der Waals surface area contributed by atoms with Crippen molar-refractivity contribution in [3.8, 4) is 0 Å². The van der Waals surface area contributed by atoms with Gasteiger partial charge in [0, 0.05) is 32.2 Å². The van der Waals surface area contributed by atoms with Gasteiger partial charge in [-0.2, -0.15) is 0 Å². The molecule has 1 aromatic rings. The Hall–Kier alpha value is -1.70. The molecule has 1 saturated heterocycles. The summed E-state index contributed by atoms with van der Waals surface area (Å²) in [7, 11) is -0.452. The molecule has 35 heavy (non-hydrogen) atoms. The van der Waals surface area contributed by atoms with Crippen LogP contribution in [-0.2, 0) is 20.4 Å². The second-order valence-electron chi connectivity index (χ2n) is 11.5. The highest BCUT2D eigenvalue weighted by atomic mass is 28.4. The van der Waals surface area contributed by atoms with Crippen LogP contribution < -0.4 is 0 Å². The van der Waals surface area contributed by atoms with E-state index in [1.165, 1.54) is 20.0 Å². The van der Waals surface area contributed by atoms with Crippen LogP contribution >= 0.6 is 0 Å². The third-order valence-electron chi connectivity index (χ3n) is 7.74. The average Bonchev–Trinajstić information content (AvgIpc) is 3.15. The maximum absolute atomic E-state index is 12.6. The lowest BCUT2D eigenvalue weighted by molar-refractivity contribution is -0.138. The molecule has 7 heteroatoms. The van der Waals surface area contributed by atoms with Crippen molar-refractivity contribution in [2.45, 2.75) is 97.4 Å². The van der Waals surface area contributed by atoms with Crippen LogP contribution in [0.25, 0.3) is 0 Å². The Morgan fingerprint density at radius 3 is 2.34 bits per heavy atom. The monoisotopic (exact) mass is 504 g/mol. The van der Waals surface area contributed by atoms with E-state index in [9.17, 15) is 9.59 Å². The fourth-order valence-electron chi connectivity index (χ4n) is 4.42. The molecule has 2 unspecified atom stereocenters. The number of carbonyl (C=O) groups excluding carboxylic acids is 2. The molecule has 0 radical (unpaired) electrons. The molecule has 1 amide bonds. The number of methoxy groups -OCH3 is 1. The van der Waals surface area contributed by atoms with Crippen molar-refractivity contribution in [3.05, 3.63) is 35.4 Å². The fourth-order valence-corrected chi connectivity index (χ4v) is 5.88. The summed E-state index contributed by atoms with van der Waals surface area (Å²) >= 11 is 0. The van der Waals surface area contributed by atoms with Crippen LogP contribution in [0.2, 0.25) is 18.1 Å². The minimum atomic E-state index is -1.84. The van der Waals surface area contributed by atoms with Crippen molar-refractivity contribution < 1.29 is 18.8 Å². The second-order valence-corrected chi connectivity index (χ2v) is 16.2. The Bertz CT molecular complexity index is 819. The molecule has 1 fully saturated rings. The summed E-state index contributed by atoms with van der Waals surface area (Å²) < 4.78 is 11.6. The number of rotatable bonds is 13. The van der Waals surface area contributed by atoms with Crippen LogP contribution in [0, 0.1) is 5.92 Å². The molecule has 2 atom stereocenters. The van der Waals surface area contributed by atoms with Gasteiger partial charge in [0.2, 0.25) is 5.91 Å². The molecular formula is C28H48N2O4Si. The Kier molecular flexibility index (Phi) is 11.0. The molecule has 0 aliphatic carbocycles. The van der Waals surface area contributed by atoms with E-state index in [1.807, 2.05) is 17.1 Å². The van der Waals surface area contributed by atoms with E-state index < -0.39 is 8.32 Å². The van der Waals surface area contributed by atoms with E-state index >= 15 is 0 Å². The van der Waals surface area contributed by atoms with Gasteiger partial charge in [0.1, 0.15) is 0 Å². The van der Waals surface area contributed by atoms with Crippen LogP contribution in [0.15, 0.2) is 24.3 Å².